The number of rotatable bonds is 12. The van der Waals surface area contributed by atoms with Crippen molar-refractivity contribution in [2.75, 3.05) is 0 Å². The summed E-state index contributed by atoms with van der Waals surface area (Å²) in [6, 6.07) is 0. The van der Waals surface area contributed by atoms with Crippen LogP contribution in [0.25, 0.3) is 0 Å². The molecule has 0 aromatic rings. The van der Waals surface area contributed by atoms with E-state index in [0.717, 1.165) is 30.9 Å². The summed E-state index contributed by atoms with van der Waals surface area (Å²) >= 11 is 0. The Balaban J connectivity index is 0. The van der Waals surface area contributed by atoms with Crippen molar-refractivity contribution in [3.8, 4) is 0 Å². The Morgan fingerprint density at radius 2 is 1.61 bits per heavy atom. The Bertz CT molecular complexity index is 435. The molecule has 28 heavy (non-hydrogen) atoms. The van der Waals surface area contributed by atoms with Gasteiger partial charge in [0.2, 0.25) is 0 Å². The second-order valence-corrected chi connectivity index (χ2v) is 7.48. The fraction of sp³-hybridized carbons (Fsp3) is 0.769. The molecule has 0 amide bonds. The standard InChI is InChI=1S/C14H28O.C10H15N.C2H6/c1-4-7-9-13(10-8-5-2)11-12-14(15)6-3;1-3-4-10-6-5-9(2)11-8-7-10;1-2/h13H,4-12H2,1-3H3;5,7-8H,3-4,6H2,1-2H3;1-2H3. The maximum absolute atomic E-state index is 11.3. The van der Waals surface area contributed by atoms with Crippen molar-refractivity contribution in [2.24, 2.45) is 10.9 Å². The fourth-order valence-electron chi connectivity index (χ4n) is 3.13. The van der Waals surface area contributed by atoms with Gasteiger partial charge in [-0.05, 0) is 38.2 Å². The van der Waals surface area contributed by atoms with Crippen LogP contribution in [-0.2, 0) is 4.79 Å². The molecule has 0 fully saturated rings. The van der Waals surface area contributed by atoms with E-state index in [2.05, 4.69) is 37.9 Å². The van der Waals surface area contributed by atoms with Gasteiger partial charge in [-0.15, -0.1) is 0 Å². The largest absolute Gasteiger partial charge is 0.300 e. The minimum absolute atomic E-state index is 0.438. The number of unbranched alkanes of at least 4 members (excludes halogenated alkanes) is 2. The molecule has 1 heterocycles. The van der Waals surface area contributed by atoms with E-state index in [1.807, 2.05) is 33.9 Å². The van der Waals surface area contributed by atoms with Gasteiger partial charge in [-0.3, -0.25) is 9.79 Å². The van der Waals surface area contributed by atoms with Crippen LogP contribution in [0.5, 0.6) is 0 Å². The third-order valence-corrected chi connectivity index (χ3v) is 4.98. The van der Waals surface area contributed by atoms with E-state index in [1.54, 1.807) is 0 Å². The number of hydrogen-bond acceptors (Lipinski definition) is 2. The summed E-state index contributed by atoms with van der Waals surface area (Å²) in [5, 5.41) is 0. The Kier molecular flexibility index (Phi) is 22.9. The van der Waals surface area contributed by atoms with Gasteiger partial charge in [-0.2, -0.15) is 0 Å². The highest BCUT2D eigenvalue weighted by molar-refractivity contribution is 5.77. The lowest BCUT2D eigenvalue weighted by Gasteiger charge is -2.15. The van der Waals surface area contributed by atoms with Gasteiger partial charge in [0.05, 0.1) is 0 Å². The Morgan fingerprint density at radius 3 is 2.11 bits per heavy atom. The van der Waals surface area contributed by atoms with Crippen LogP contribution in [0.1, 0.15) is 126 Å². The van der Waals surface area contributed by atoms with Gasteiger partial charge >= 0.3 is 0 Å². The van der Waals surface area contributed by atoms with Gasteiger partial charge in [-0.25, -0.2) is 0 Å². The molecule has 1 rings (SSSR count). The lowest BCUT2D eigenvalue weighted by atomic mass is 9.90. The van der Waals surface area contributed by atoms with Gasteiger partial charge in [-0.1, -0.05) is 98.1 Å². The van der Waals surface area contributed by atoms with Crippen LogP contribution >= 0.6 is 0 Å². The molecule has 1 aliphatic rings. The van der Waals surface area contributed by atoms with E-state index in [0.29, 0.717) is 12.2 Å². The minimum Gasteiger partial charge on any atom is -0.300 e. The van der Waals surface area contributed by atoms with Crippen molar-refractivity contribution >= 4 is 12.0 Å². The molecule has 2 heteroatoms. The molecule has 0 bridgehead atoms. The highest BCUT2D eigenvalue weighted by atomic mass is 16.1. The number of carbonyl (C=O) groups excluding carboxylic acids is 1. The fourth-order valence-corrected chi connectivity index (χ4v) is 3.13. The maximum atomic E-state index is 11.3. The van der Waals surface area contributed by atoms with E-state index in [9.17, 15) is 4.79 Å². The number of nitrogens with zero attached hydrogens (tertiary/aromatic N) is 1. The highest BCUT2D eigenvalue weighted by Crippen LogP contribution is 2.21. The number of carbonyl (C=O) groups is 1. The normalized spacial score (nSPS) is 12.9. The van der Waals surface area contributed by atoms with Crippen LogP contribution < -0.4 is 0 Å². The van der Waals surface area contributed by atoms with Crippen molar-refractivity contribution in [3.63, 3.8) is 0 Å². The van der Waals surface area contributed by atoms with E-state index >= 15 is 0 Å². The minimum atomic E-state index is 0.438. The Hall–Kier alpha value is -1.18. The predicted molar refractivity (Wildman–Crippen MR) is 128 cm³/mol. The number of allylic oxidation sites excluding steroid dienone is 4. The topological polar surface area (TPSA) is 29.4 Å². The summed E-state index contributed by atoms with van der Waals surface area (Å²) < 4.78 is 0. The molecule has 0 saturated carbocycles. The second kappa shape index (κ2) is 22.1. The molecule has 0 spiro atoms. The zero-order valence-electron chi connectivity index (χ0n) is 20.2. The zero-order valence-corrected chi connectivity index (χ0v) is 20.2. The molecule has 1 aliphatic heterocycles. The summed E-state index contributed by atoms with van der Waals surface area (Å²) in [4.78, 5) is 15.5. The molecular formula is C26H49NO. The van der Waals surface area contributed by atoms with Crippen LogP contribution in [0, 0.1) is 5.92 Å². The maximum Gasteiger partial charge on any atom is 0.132 e. The molecule has 0 aromatic carbocycles. The molecule has 2 nitrogen and oxygen atoms in total. The third kappa shape index (κ3) is 18.2. The Morgan fingerprint density at radius 1 is 1.00 bits per heavy atom. The van der Waals surface area contributed by atoms with E-state index in [1.165, 1.54) is 56.9 Å². The smallest absolute Gasteiger partial charge is 0.132 e. The summed E-state index contributed by atoms with van der Waals surface area (Å²) in [7, 11) is 0. The molecule has 0 aromatic heterocycles. The SMILES string of the molecule is CC.CCCC1=CC=NC(C)=CC1.CCCCC(CCCC)CCC(=O)CC. The second-order valence-electron chi connectivity index (χ2n) is 7.48. The van der Waals surface area contributed by atoms with Crippen molar-refractivity contribution in [3.05, 3.63) is 23.4 Å². The van der Waals surface area contributed by atoms with Gasteiger partial charge in [0.25, 0.3) is 0 Å². The van der Waals surface area contributed by atoms with Crippen LogP contribution in [-0.4, -0.2) is 12.0 Å². The molecule has 0 unspecified atom stereocenters. The number of hydrogen-bond donors (Lipinski definition) is 0. The molecule has 0 aliphatic carbocycles. The van der Waals surface area contributed by atoms with Crippen LogP contribution in [0.4, 0.5) is 0 Å². The summed E-state index contributed by atoms with van der Waals surface area (Å²) in [5.74, 6) is 1.24. The first-order valence-electron chi connectivity index (χ1n) is 12.0. The van der Waals surface area contributed by atoms with Crippen molar-refractivity contribution in [1.29, 1.82) is 0 Å². The van der Waals surface area contributed by atoms with Gasteiger partial charge in [0.1, 0.15) is 5.78 Å². The molecule has 0 N–H and O–H groups in total. The molecule has 164 valence electrons. The summed E-state index contributed by atoms with van der Waals surface area (Å²) in [6.07, 6.45) is 20.3. The van der Waals surface area contributed by atoms with E-state index in [-0.39, 0.29) is 0 Å². The average Bonchev–Trinajstić information content (AvgIpc) is 2.93. The highest BCUT2D eigenvalue weighted by Gasteiger charge is 2.09. The van der Waals surface area contributed by atoms with Crippen molar-refractivity contribution < 1.29 is 4.79 Å². The van der Waals surface area contributed by atoms with Gasteiger partial charge in [0.15, 0.2) is 0 Å². The molecular weight excluding hydrogens is 342 g/mol. The van der Waals surface area contributed by atoms with E-state index in [4.69, 9.17) is 0 Å². The van der Waals surface area contributed by atoms with Gasteiger partial charge < -0.3 is 0 Å². The number of Topliss-reactive ketones (excluding diaryl/α,β-unsaturated/α-hetero) is 1. The quantitative estimate of drug-likeness (QED) is 0.326. The predicted octanol–water partition coefficient (Wildman–Crippen LogP) is 8.86. The van der Waals surface area contributed by atoms with Crippen molar-refractivity contribution in [2.45, 2.75) is 126 Å². The zero-order chi connectivity index (χ0) is 21.6. The first-order valence-corrected chi connectivity index (χ1v) is 12.0. The van der Waals surface area contributed by atoms with Crippen molar-refractivity contribution in [1.82, 2.24) is 0 Å². The average molecular weight is 392 g/mol. The van der Waals surface area contributed by atoms with Gasteiger partial charge in [0, 0.05) is 24.8 Å². The summed E-state index contributed by atoms with van der Waals surface area (Å²) in [5.41, 5.74) is 2.63. The van der Waals surface area contributed by atoms with E-state index < -0.39 is 0 Å². The lowest BCUT2D eigenvalue weighted by molar-refractivity contribution is -0.119. The third-order valence-electron chi connectivity index (χ3n) is 4.98. The van der Waals surface area contributed by atoms with Crippen LogP contribution in [0.3, 0.4) is 0 Å². The first kappa shape index (κ1) is 29.0. The first-order chi connectivity index (χ1) is 13.6. The van der Waals surface area contributed by atoms with Crippen LogP contribution in [0.15, 0.2) is 28.4 Å². The molecule has 0 atom stereocenters. The summed E-state index contributed by atoms with van der Waals surface area (Å²) in [6.45, 7) is 14.7. The number of aliphatic imine (C=N–C) groups is 1. The monoisotopic (exact) mass is 391 g/mol. The van der Waals surface area contributed by atoms with Crippen LogP contribution in [0.2, 0.25) is 0 Å². The molecule has 0 radical (unpaired) electrons. The number of ketones is 1. The lowest BCUT2D eigenvalue weighted by Crippen LogP contribution is -2.05. The Labute approximate surface area is 177 Å². The molecule has 0 saturated heterocycles.